The van der Waals surface area contributed by atoms with Gasteiger partial charge in [0.1, 0.15) is 5.75 Å². The van der Waals surface area contributed by atoms with Gasteiger partial charge < -0.3 is 9.84 Å². The Morgan fingerprint density at radius 1 is 1.22 bits per heavy atom. The molecule has 3 aromatic rings. The number of fused-ring (bicyclic) bond motifs is 2. The summed E-state index contributed by atoms with van der Waals surface area (Å²) in [5.41, 5.74) is 5.22. The summed E-state index contributed by atoms with van der Waals surface area (Å²) in [5.74, 6) is -0.795. The Kier molecular flexibility index (Phi) is 5.93. The van der Waals surface area contributed by atoms with Crippen molar-refractivity contribution in [1.29, 1.82) is 0 Å². The number of halogens is 2. The smallest absolute Gasteiger partial charge is 0.387 e. The molecule has 0 saturated heterocycles. The van der Waals surface area contributed by atoms with Gasteiger partial charge >= 0.3 is 12.6 Å². The van der Waals surface area contributed by atoms with E-state index < -0.39 is 12.6 Å². The van der Waals surface area contributed by atoms with Crippen molar-refractivity contribution >= 4 is 28.5 Å². The number of rotatable bonds is 5. The SMILES string of the molecule is CCN1CC(=Cc2cc(C)c(OC(F)F)c(C)c2)c2nc3ccccc3c(C(=O)O)c2C1. The molecule has 0 saturated carbocycles. The Hall–Kier alpha value is -3.32. The van der Waals surface area contributed by atoms with Crippen LogP contribution in [-0.2, 0) is 6.54 Å². The average molecular weight is 438 g/mol. The van der Waals surface area contributed by atoms with Gasteiger partial charge in [0.25, 0.3) is 0 Å². The molecular formula is C25H24F2N2O3. The van der Waals surface area contributed by atoms with Crippen LogP contribution in [0.2, 0.25) is 0 Å². The second-order valence-electron chi connectivity index (χ2n) is 7.97. The minimum Gasteiger partial charge on any atom is -0.478 e. The maximum absolute atomic E-state index is 12.7. The van der Waals surface area contributed by atoms with Crippen molar-refractivity contribution < 1.29 is 23.4 Å². The summed E-state index contributed by atoms with van der Waals surface area (Å²) < 4.78 is 30.1. The van der Waals surface area contributed by atoms with Gasteiger partial charge in [0.05, 0.1) is 16.8 Å². The van der Waals surface area contributed by atoms with Crippen LogP contribution in [0.5, 0.6) is 5.75 Å². The van der Waals surface area contributed by atoms with Crippen LogP contribution in [-0.4, -0.2) is 40.7 Å². The molecule has 0 unspecified atom stereocenters. The first-order valence-corrected chi connectivity index (χ1v) is 10.4. The highest BCUT2D eigenvalue weighted by Gasteiger charge is 2.28. The summed E-state index contributed by atoms with van der Waals surface area (Å²) in [6, 6.07) is 10.8. The largest absolute Gasteiger partial charge is 0.478 e. The Morgan fingerprint density at radius 3 is 2.53 bits per heavy atom. The second-order valence-corrected chi connectivity index (χ2v) is 7.97. The lowest BCUT2D eigenvalue weighted by molar-refractivity contribution is -0.0507. The molecule has 2 aromatic carbocycles. The zero-order chi connectivity index (χ0) is 23.0. The van der Waals surface area contributed by atoms with Gasteiger partial charge in [0.15, 0.2) is 0 Å². The summed E-state index contributed by atoms with van der Waals surface area (Å²) in [7, 11) is 0. The summed E-state index contributed by atoms with van der Waals surface area (Å²) in [5, 5.41) is 10.6. The van der Waals surface area contributed by atoms with Crippen LogP contribution in [0.3, 0.4) is 0 Å². The molecule has 0 atom stereocenters. The molecule has 0 amide bonds. The molecule has 166 valence electrons. The Bertz CT molecular complexity index is 1210. The van der Waals surface area contributed by atoms with Crippen LogP contribution in [0.25, 0.3) is 22.6 Å². The van der Waals surface area contributed by atoms with Crippen LogP contribution < -0.4 is 4.74 Å². The molecule has 5 nitrogen and oxygen atoms in total. The predicted octanol–water partition coefficient (Wildman–Crippen LogP) is 5.53. The van der Waals surface area contributed by atoms with E-state index in [1.54, 1.807) is 32.0 Å². The summed E-state index contributed by atoms with van der Waals surface area (Å²) in [6.45, 7) is 4.47. The number of aromatic nitrogens is 1. The molecule has 0 spiro atoms. The van der Waals surface area contributed by atoms with E-state index in [1.165, 1.54) is 0 Å². The van der Waals surface area contributed by atoms with Crippen molar-refractivity contribution in [2.24, 2.45) is 0 Å². The van der Waals surface area contributed by atoms with E-state index in [-0.39, 0.29) is 11.3 Å². The van der Waals surface area contributed by atoms with E-state index in [4.69, 9.17) is 4.98 Å². The Morgan fingerprint density at radius 2 is 1.91 bits per heavy atom. The second kappa shape index (κ2) is 8.67. The Labute approximate surface area is 185 Å². The number of hydrogen-bond donors (Lipinski definition) is 1. The maximum Gasteiger partial charge on any atom is 0.387 e. The number of hydrogen-bond acceptors (Lipinski definition) is 4. The van der Waals surface area contributed by atoms with Crippen molar-refractivity contribution in [2.75, 3.05) is 13.1 Å². The number of ether oxygens (including phenoxy) is 1. The molecule has 7 heteroatoms. The van der Waals surface area contributed by atoms with Crippen LogP contribution in [0, 0.1) is 13.8 Å². The van der Waals surface area contributed by atoms with E-state index >= 15 is 0 Å². The first-order chi connectivity index (χ1) is 15.3. The van der Waals surface area contributed by atoms with Crippen LogP contribution in [0.15, 0.2) is 36.4 Å². The fourth-order valence-corrected chi connectivity index (χ4v) is 4.39. The van der Waals surface area contributed by atoms with Crippen molar-refractivity contribution in [3.8, 4) is 5.75 Å². The number of nitrogens with zero attached hydrogens (tertiary/aromatic N) is 2. The van der Waals surface area contributed by atoms with Gasteiger partial charge in [-0.3, -0.25) is 4.90 Å². The topological polar surface area (TPSA) is 62.7 Å². The molecule has 2 heterocycles. The molecule has 0 fully saturated rings. The summed E-state index contributed by atoms with van der Waals surface area (Å²) >= 11 is 0. The number of alkyl halides is 2. The quantitative estimate of drug-likeness (QED) is 0.568. The van der Waals surface area contributed by atoms with E-state index in [0.717, 1.165) is 17.7 Å². The Balaban J connectivity index is 1.90. The summed E-state index contributed by atoms with van der Waals surface area (Å²) in [4.78, 5) is 19.2. The number of carboxylic acids is 1. The van der Waals surface area contributed by atoms with Gasteiger partial charge in [-0.25, -0.2) is 9.78 Å². The number of carbonyl (C=O) groups is 1. The normalized spacial score (nSPS) is 15.4. The number of para-hydroxylation sites is 1. The number of likely N-dealkylation sites (N-methyl/N-ethyl adjacent to an activating group) is 1. The predicted molar refractivity (Wildman–Crippen MR) is 120 cm³/mol. The standard InChI is InChI=1S/C25H24F2N2O3/c1-4-29-12-17(11-16-9-14(2)23(15(3)10-16)32-25(26)27)22-19(13-29)21(24(30)31)18-7-5-6-8-20(18)28-22/h5-11,25H,4,12-13H2,1-3H3,(H,30,31). The van der Waals surface area contributed by atoms with Crippen molar-refractivity contribution in [2.45, 2.75) is 33.9 Å². The van der Waals surface area contributed by atoms with Gasteiger partial charge in [-0.1, -0.05) is 25.1 Å². The number of pyridine rings is 1. The lowest BCUT2D eigenvalue weighted by Crippen LogP contribution is -2.31. The zero-order valence-electron chi connectivity index (χ0n) is 18.2. The first kappa shape index (κ1) is 21.9. The van der Waals surface area contributed by atoms with E-state index in [1.807, 2.05) is 31.2 Å². The van der Waals surface area contributed by atoms with E-state index in [0.29, 0.717) is 46.4 Å². The first-order valence-electron chi connectivity index (χ1n) is 10.4. The number of aryl methyl sites for hydroxylation is 2. The van der Waals surface area contributed by atoms with Gasteiger partial charge in [-0.15, -0.1) is 0 Å². The number of carboxylic acid groups (broad SMARTS) is 1. The molecule has 32 heavy (non-hydrogen) atoms. The fourth-order valence-electron chi connectivity index (χ4n) is 4.39. The number of benzene rings is 2. The van der Waals surface area contributed by atoms with Crippen molar-refractivity contribution in [3.63, 3.8) is 0 Å². The molecule has 4 rings (SSSR count). The zero-order valence-corrected chi connectivity index (χ0v) is 18.2. The van der Waals surface area contributed by atoms with Gasteiger partial charge in [-0.05, 0) is 66.9 Å². The molecule has 0 bridgehead atoms. The lowest BCUT2D eigenvalue weighted by Gasteiger charge is -2.30. The maximum atomic E-state index is 12.7. The summed E-state index contributed by atoms with van der Waals surface area (Å²) in [6.07, 6.45) is 1.96. The van der Waals surface area contributed by atoms with Crippen LogP contribution >= 0.6 is 0 Å². The van der Waals surface area contributed by atoms with Crippen molar-refractivity contribution in [1.82, 2.24) is 9.88 Å². The lowest BCUT2D eigenvalue weighted by atomic mass is 9.91. The molecular weight excluding hydrogens is 414 g/mol. The van der Waals surface area contributed by atoms with Gasteiger partial charge in [0, 0.05) is 24.0 Å². The fraction of sp³-hybridized carbons (Fsp3) is 0.280. The minimum atomic E-state index is -2.88. The molecule has 0 aliphatic carbocycles. The van der Waals surface area contributed by atoms with Crippen LogP contribution in [0.4, 0.5) is 8.78 Å². The third-order valence-electron chi connectivity index (χ3n) is 5.76. The monoisotopic (exact) mass is 438 g/mol. The highest BCUT2D eigenvalue weighted by Crippen LogP contribution is 2.35. The third kappa shape index (κ3) is 4.08. The number of aromatic carboxylic acids is 1. The molecule has 1 aliphatic rings. The highest BCUT2D eigenvalue weighted by atomic mass is 19.3. The molecule has 1 aliphatic heterocycles. The minimum absolute atomic E-state index is 0.179. The van der Waals surface area contributed by atoms with Crippen LogP contribution in [0.1, 0.15) is 45.2 Å². The van der Waals surface area contributed by atoms with E-state index in [9.17, 15) is 18.7 Å². The van der Waals surface area contributed by atoms with E-state index in [2.05, 4.69) is 9.64 Å². The van der Waals surface area contributed by atoms with Crippen molar-refractivity contribution in [3.05, 3.63) is 69.9 Å². The van der Waals surface area contributed by atoms with Gasteiger partial charge in [-0.2, -0.15) is 8.78 Å². The average Bonchev–Trinajstić information content (AvgIpc) is 2.74. The molecule has 1 N–H and O–H groups in total. The highest BCUT2D eigenvalue weighted by molar-refractivity contribution is 6.06. The molecule has 0 radical (unpaired) electrons. The van der Waals surface area contributed by atoms with Gasteiger partial charge in [0.2, 0.25) is 0 Å². The molecule has 1 aromatic heterocycles. The third-order valence-corrected chi connectivity index (χ3v) is 5.76.